The van der Waals surface area contributed by atoms with Crippen LogP contribution < -0.4 is 0 Å². The number of carbonyl (C=O) groups excluding carboxylic acids is 1. The van der Waals surface area contributed by atoms with Gasteiger partial charge in [0, 0.05) is 6.54 Å². The first kappa shape index (κ1) is 9.08. The van der Waals surface area contributed by atoms with E-state index >= 15 is 0 Å². The standard InChI is InChI=1S/C9H13NO2/c1-3-8-7-12-6-5-10(8)9(11)4-2/h2,8H,3,5-7H2,1H3. The van der Waals surface area contributed by atoms with Crippen molar-refractivity contribution in [1.29, 1.82) is 0 Å². The average molecular weight is 167 g/mol. The highest BCUT2D eigenvalue weighted by Gasteiger charge is 2.24. The number of ether oxygens (including phenoxy) is 1. The molecule has 1 atom stereocenters. The zero-order valence-corrected chi connectivity index (χ0v) is 7.25. The van der Waals surface area contributed by atoms with Crippen LogP contribution in [0.4, 0.5) is 0 Å². The molecule has 3 heteroatoms. The summed E-state index contributed by atoms with van der Waals surface area (Å²) in [5.41, 5.74) is 0. The molecule has 0 N–H and O–H groups in total. The molecule has 0 saturated carbocycles. The molecule has 0 bridgehead atoms. The minimum atomic E-state index is -0.217. The van der Waals surface area contributed by atoms with Crippen molar-refractivity contribution in [3.05, 3.63) is 0 Å². The van der Waals surface area contributed by atoms with E-state index in [1.807, 2.05) is 6.92 Å². The fourth-order valence-corrected chi connectivity index (χ4v) is 1.34. The maximum atomic E-state index is 11.2. The first-order valence-electron chi connectivity index (χ1n) is 4.14. The van der Waals surface area contributed by atoms with Gasteiger partial charge in [-0.3, -0.25) is 4.79 Å². The zero-order chi connectivity index (χ0) is 8.97. The number of morpholine rings is 1. The van der Waals surface area contributed by atoms with Crippen LogP contribution >= 0.6 is 0 Å². The first-order valence-corrected chi connectivity index (χ1v) is 4.14. The Labute approximate surface area is 72.7 Å². The molecule has 0 aromatic heterocycles. The second kappa shape index (κ2) is 4.13. The normalized spacial score (nSPS) is 23.3. The van der Waals surface area contributed by atoms with Crippen LogP contribution in [-0.4, -0.2) is 36.6 Å². The number of hydrogen-bond acceptors (Lipinski definition) is 2. The van der Waals surface area contributed by atoms with E-state index in [2.05, 4.69) is 5.92 Å². The second-order valence-electron chi connectivity index (χ2n) is 2.78. The molecule has 1 amide bonds. The molecule has 66 valence electrons. The summed E-state index contributed by atoms with van der Waals surface area (Å²) in [5.74, 6) is 1.91. The minimum Gasteiger partial charge on any atom is -0.377 e. The molecule has 1 aliphatic rings. The molecule has 3 nitrogen and oxygen atoms in total. The van der Waals surface area contributed by atoms with E-state index in [9.17, 15) is 4.79 Å². The molecule has 1 heterocycles. The van der Waals surface area contributed by atoms with Crippen LogP contribution in [0.5, 0.6) is 0 Å². The Morgan fingerprint density at radius 1 is 1.83 bits per heavy atom. The fourth-order valence-electron chi connectivity index (χ4n) is 1.34. The third-order valence-electron chi connectivity index (χ3n) is 2.08. The number of amides is 1. The lowest BCUT2D eigenvalue weighted by atomic mass is 10.2. The lowest BCUT2D eigenvalue weighted by Crippen LogP contribution is -2.47. The molecule has 0 aromatic rings. The van der Waals surface area contributed by atoms with Crippen molar-refractivity contribution in [2.45, 2.75) is 19.4 Å². The predicted molar refractivity (Wildman–Crippen MR) is 45.4 cm³/mol. The maximum Gasteiger partial charge on any atom is 0.298 e. The first-order chi connectivity index (χ1) is 5.79. The highest BCUT2D eigenvalue weighted by Crippen LogP contribution is 2.09. The Hall–Kier alpha value is -1.01. The van der Waals surface area contributed by atoms with Crippen LogP contribution in [0.15, 0.2) is 0 Å². The van der Waals surface area contributed by atoms with Crippen molar-refractivity contribution in [1.82, 2.24) is 4.90 Å². The second-order valence-corrected chi connectivity index (χ2v) is 2.78. The maximum absolute atomic E-state index is 11.2. The van der Waals surface area contributed by atoms with Crippen molar-refractivity contribution in [2.24, 2.45) is 0 Å². The molecular formula is C9H13NO2. The van der Waals surface area contributed by atoms with Crippen LogP contribution in [0.25, 0.3) is 0 Å². The topological polar surface area (TPSA) is 29.5 Å². The SMILES string of the molecule is C#CC(=O)N1CCOCC1CC. The van der Waals surface area contributed by atoms with Gasteiger partial charge in [0.2, 0.25) is 0 Å². The summed E-state index contributed by atoms with van der Waals surface area (Å²) >= 11 is 0. The van der Waals surface area contributed by atoms with Crippen molar-refractivity contribution in [2.75, 3.05) is 19.8 Å². The fraction of sp³-hybridized carbons (Fsp3) is 0.667. The van der Waals surface area contributed by atoms with Gasteiger partial charge in [-0.2, -0.15) is 0 Å². The molecule has 1 rings (SSSR count). The van der Waals surface area contributed by atoms with Crippen molar-refractivity contribution in [3.8, 4) is 12.3 Å². The van der Waals surface area contributed by atoms with Crippen LogP contribution in [0.1, 0.15) is 13.3 Å². The quantitative estimate of drug-likeness (QED) is 0.524. The Bertz CT molecular complexity index is 207. The minimum absolute atomic E-state index is 0.169. The lowest BCUT2D eigenvalue weighted by molar-refractivity contribution is -0.133. The van der Waals surface area contributed by atoms with E-state index in [-0.39, 0.29) is 11.9 Å². The molecule has 1 aliphatic heterocycles. The molecule has 0 spiro atoms. The lowest BCUT2D eigenvalue weighted by Gasteiger charge is -2.33. The van der Waals surface area contributed by atoms with E-state index < -0.39 is 0 Å². The van der Waals surface area contributed by atoms with Gasteiger partial charge in [0.25, 0.3) is 5.91 Å². The van der Waals surface area contributed by atoms with E-state index in [0.29, 0.717) is 19.8 Å². The van der Waals surface area contributed by atoms with Crippen LogP contribution in [0, 0.1) is 12.3 Å². The number of carbonyl (C=O) groups is 1. The number of hydrogen-bond donors (Lipinski definition) is 0. The summed E-state index contributed by atoms with van der Waals surface area (Å²) in [6.45, 7) is 3.87. The summed E-state index contributed by atoms with van der Waals surface area (Å²) in [4.78, 5) is 12.9. The van der Waals surface area contributed by atoms with Gasteiger partial charge < -0.3 is 9.64 Å². The summed E-state index contributed by atoms with van der Waals surface area (Å²) in [5, 5.41) is 0. The van der Waals surface area contributed by atoms with Gasteiger partial charge >= 0.3 is 0 Å². The monoisotopic (exact) mass is 167 g/mol. The summed E-state index contributed by atoms with van der Waals surface area (Å²) in [6.07, 6.45) is 5.93. The highest BCUT2D eigenvalue weighted by molar-refractivity contribution is 5.93. The molecule has 1 saturated heterocycles. The molecule has 0 aliphatic carbocycles. The molecule has 0 aromatic carbocycles. The van der Waals surface area contributed by atoms with Crippen LogP contribution in [0.2, 0.25) is 0 Å². The number of nitrogens with zero attached hydrogens (tertiary/aromatic N) is 1. The van der Waals surface area contributed by atoms with E-state index in [1.54, 1.807) is 4.90 Å². The van der Waals surface area contributed by atoms with E-state index in [4.69, 9.17) is 11.2 Å². The molecule has 1 unspecified atom stereocenters. The zero-order valence-electron chi connectivity index (χ0n) is 7.25. The third-order valence-corrected chi connectivity index (χ3v) is 2.08. The van der Waals surface area contributed by atoms with Crippen LogP contribution in [-0.2, 0) is 9.53 Å². The van der Waals surface area contributed by atoms with Crippen molar-refractivity contribution >= 4 is 5.91 Å². The van der Waals surface area contributed by atoms with Gasteiger partial charge in [-0.25, -0.2) is 0 Å². The van der Waals surface area contributed by atoms with Gasteiger partial charge in [0.05, 0.1) is 19.3 Å². The molecule has 1 fully saturated rings. The molecular weight excluding hydrogens is 154 g/mol. The highest BCUT2D eigenvalue weighted by atomic mass is 16.5. The summed E-state index contributed by atoms with van der Waals surface area (Å²) in [6, 6.07) is 0.169. The van der Waals surface area contributed by atoms with Crippen LogP contribution in [0.3, 0.4) is 0 Å². The average Bonchev–Trinajstić information content (AvgIpc) is 2.16. The third kappa shape index (κ3) is 1.77. The largest absolute Gasteiger partial charge is 0.377 e. The predicted octanol–water partition coefficient (Wildman–Crippen LogP) is 0.257. The summed E-state index contributed by atoms with van der Waals surface area (Å²) < 4.78 is 5.24. The number of rotatable bonds is 1. The smallest absolute Gasteiger partial charge is 0.298 e. The van der Waals surface area contributed by atoms with E-state index in [1.165, 1.54) is 0 Å². The van der Waals surface area contributed by atoms with Gasteiger partial charge in [-0.1, -0.05) is 6.92 Å². The Morgan fingerprint density at radius 3 is 3.17 bits per heavy atom. The Morgan fingerprint density at radius 2 is 2.58 bits per heavy atom. The van der Waals surface area contributed by atoms with Gasteiger partial charge in [0.15, 0.2) is 0 Å². The van der Waals surface area contributed by atoms with Gasteiger partial charge in [-0.05, 0) is 12.3 Å². The van der Waals surface area contributed by atoms with E-state index in [0.717, 1.165) is 6.42 Å². The van der Waals surface area contributed by atoms with Gasteiger partial charge in [-0.15, -0.1) is 6.42 Å². The summed E-state index contributed by atoms with van der Waals surface area (Å²) in [7, 11) is 0. The molecule has 0 radical (unpaired) electrons. The molecule has 12 heavy (non-hydrogen) atoms. The van der Waals surface area contributed by atoms with Crippen molar-refractivity contribution in [3.63, 3.8) is 0 Å². The number of terminal acetylenes is 1. The Balaban J connectivity index is 2.60. The Kier molecular flexibility index (Phi) is 3.12. The van der Waals surface area contributed by atoms with Gasteiger partial charge in [0.1, 0.15) is 0 Å². The van der Waals surface area contributed by atoms with Crippen molar-refractivity contribution < 1.29 is 9.53 Å².